The molecule has 1 unspecified atom stereocenters. The normalized spacial score (nSPS) is 10.7. The first-order valence-electron chi connectivity index (χ1n) is 17.3. The van der Waals surface area contributed by atoms with Crippen LogP contribution in [-0.4, -0.2) is 63.6 Å². The first-order valence-corrected chi connectivity index (χ1v) is 17.3. The van der Waals surface area contributed by atoms with Crippen molar-refractivity contribution in [2.45, 2.75) is 66.2 Å². The maximum absolute atomic E-state index is 12.8. The fraction of sp³-hybridized carbons (Fsp3) is 0.462. The number of nitrogens with one attached hydrogen (secondary N) is 1. The zero-order chi connectivity index (χ0) is 41.3. The zero-order valence-electron chi connectivity index (χ0n) is 32.3. The summed E-state index contributed by atoms with van der Waals surface area (Å²) in [6.45, 7) is 17.7. The van der Waals surface area contributed by atoms with Crippen LogP contribution in [0.5, 0.6) is 5.75 Å². The zero-order valence-corrected chi connectivity index (χ0v) is 32.3. The molecule has 54 heavy (non-hydrogen) atoms. The lowest BCUT2D eigenvalue weighted by Crippen LogP contribution is -2.27. The number of hydrogen-bond acceptors (Lipinski definition) is 13. The third-order valence-corrected chi connectivity index (χ3v) is 7.43. The molecule has 2 rings (SSSR count). The van der Waals surface area contributed by atoms with Gasteiger partial charge in [0.1, 0.15) is 24.2 Å². The second-order valence-corrected chi connectivity index (χ2v) is 13.3. The van der Waals surface area contributed by atoms with Crippen LogP contribution in [0.15, 0.2) is 49.6 Å². The smallest absolute Gasteiger partial charge is 0.330 e. The average molecular weight is 750 g/mol. The fourth-order valence-corrected chi connectivity index (χ4v) is 5.20. The van der Waals surface area contributed by atoms with Crippen molar-refractivity contribution in [1.82, 2.24) is 0 Å². The van der Waals surface area contributed by atoms with Crippen molar-refractivity contribution >= 4 is 46.6 Å². The molecule has 1 amide bonds. The fourth-order valence-electron chi connectivity index (χ4n) is 5.20. The van der Waals surface area contributed by atoms with E-state index in [9.17, 15) is 19.7 Å². The van der Waals surface area contributed by atoms with Crippen LogP contribution in [0.1, 0.15) is 77.3 Å². The van der Waals surface area contributed by atoms with Crippen molar-refractivity contribution in [1.29, 1.82) is 10.5 Å². The summed E-state index contributed by atoms with van der Waals surface area (Å²) in [5.41, 5.74) is 13.3. The number of esters is 1. The quantitative estimate of drug-likeness (QED) is 0.0258. The summed E-state index contributed by atoms with van der Waals surface area (Å²) >= 11 is 0. The molecule has 2 aromatic carbocycles. The second-order valence-electron chi connectivity index (χ2n) is 13.3. The van der Waals surface area contributed by atoms with Gasteiger partial charge in [-0.2, -0.15) is 10.5 Å². The van der Waals surface area contributed by atoms with E-state index in [0.29, 0.717) is 43.0 Å². The van der Waals surface area contributed by atoms with E-state index in [4.69, 9.17) is 41.0 Å². The number of non-ortho nitro benzene ring substituents is 1. The van der Waals surface area contributed by atoms with E-state index in [-0.39, 0.29) is 39.7 Å². The van der Waals surface area contributed by atoms with E-state index < -0.39 is 10.9 Å². The minimum atomic E-state index is -0.679. The molecule has 0 aliphatic carbocycles. The Morgan fingerprint density at radius 3 is 2.02 bits per heavy atom. The first kappa shape index (κ1) is 48.1. The Bertz CT molecular complexity index is 1600. The van der Waals surface area contributed by atoms with Crippen LogP contribution in [0.25, 0.3) is 0 Å². The number of nitrogen functional groups attached to an aromatic ring is 2. The Hall–Kier alpha value is -5.93. The molecule has 0 radical (unpaired) electrons. The lowest BCUT2D eigenvalue weighted by atomic mass is 9.84. The summed E-state index contributed by atoms with van der Waals surface area (Å²) in [4.78, 5) is 45.1. The first-order chi connectivity index (χ1) is 25.5. The molecule has 0 saturated carbocycles. The highest BCUT2D eigenvalue weighted by Gasteiger charge is 2.20. The third kappa shape index (κ3) is 19.1. The number of carbonyl (C=O) groups excluding carboxylic acids is 3. The van der Waals surface area contributed by atoms with Gasteiger partial charge >= 0.3 is 5.97 Å². The largest absolute Gasteiger partial charge is 0.495 e. The molecule has 0 aliphatic rings. The number of methoxy groups -OCH3 is 2. The molecule has 0 spiro atoms. The number of amides is 1. The number of carbonyl (C=O) groups is 3. The predicted octanol–water partition coefficient (Wildman–Crippen LogP) is 6.71. The summed E-state index contributed by atoms with van der Waals surface area (Å²) < 4.78 is 15.9. The number of unbranched alkanes of at least 4 members (excludes halogenated alkanes) is 2. The predicted molar refractivity (Wildman–Crippen MR) is 211 cm³/mol. The standard InChI is InChI=1S/C28H47N3O5.C8H4N4O2.C3H4O/c1-8-27(33)36-16-12-10-14-31(13-9-11-15-34-6)24-19-23(22(29)18-25(24)35-7)30-26(32)17-21(2)20-28(3,4)5;9-3-5-1-7(12(13)14)2-6(4-10)8(5)11;1-2-3-4/h8,18-19,21H,1,9-17,20,29H2,2-7H3,(H,30,32);1-2H,11H2;2-3H,1H2. The van der Waals surface area contributed by atoms with Gasteiger partial charge in [0.2, 0.25) is 5.91 Å². The SMILES string of the molecule is C=CC(=O)OCCCCN(CCCCOC)c1cc(NC(=O)CC(C)CC(C)(C)C)c(N)cc1OC.C=CC=O.N#Cc1cc([N+](=O)[O-])cc(C#N)c1N. The van der Waals surface area contributed by atoms with Crippen molar-refractivity contribution < 1.29 is 33.5 Å². The molecule has 0 heterocycles. The number of nitrogens with zero attached hydrogens (tertiary/aromatic N) is 4. The van der Waals surface area contributed by atoms with Crippen LogP contribution >= 0.6 is 0 Å². The van der Waals surface area contributed by atoms with E-state index in [1.807, 2.05) is 6.07 Å². The number of ether oxygens (including phenoxy) is 3. The van der Waals surface area contributed by atoms with Crippen molar-refractivity contribution in [2.75, 3.05) is 62.2 Å². The number of anilines is 4. The maximum Gasteiger partial charge on any atom is 0.330 e. The number of hydrogen-bond donors (Lipinski definition) is 3. The van der Waals surface area contributed by atoms with Gasteiger partial charge in [0.05, 0.1) is 52.5 Å². The highest BCUT2D eigenvalue weighted by Crippen LogP contribution is 2.37. The van der Waals surface area contributed by atoms with Gasteiger partial charge in [0.15, 0.2) is 0 Å². The summed E-state index contributed by atoms with van der Waals surface area (Å²) in [6.07, 6.45) is 7.79. The molecule has 0 saturated heterocycles. The number of nitrogens with two attached hydrogens (primary N) is 2. The number of aldehydes is 1. The Morgan fingerprint density at radius 2 is 1.57 bits per heavy atom. The van der Waals surface area contributed by atoms with Gasteiger partial charge in [-0.25, -0.2) is 4.79 Å². The van der Waals surface area contributed by atoms with Gasteiger partial charge in [0, 0.05) is 57.5 Å². The van der Waals surface area contributed by atoms with Crippen LogP contribution in [0.4, 0.5) is 28.4 Å². The van der Waals surface area contributed by atoms with E-state index in [1.165, 1.54) is 12.2 Å². The van der Waals surface area contributed by atoms with Crippen LogP contribution in [-0.2, 0) is 23.9 Å². The van der Waals surface area contributed by atoms with E-state index in [1.54, 1.807) is 32.4 Å². The molecule has 15 nitrogen and oxygen atoms in total. The Labute approximate surface area is 318 Å². The highest BCUT2D eigenvalue weighted by molar-refractivity contribution is 5.95. The minimum absolute atomic E-state index is 0.0272. The van der Waals surface area contributed by atoms with Crippen LogP contribution in [0.2, 0.25) is 0 Å². The number of nitriles is 2. The minimum Gasteiger partial charge on any atom is -0.495 e. The highest BCUT2D eigenvalue weighted by atomic mass is 16.6. The van der Waals surface area contributed by atoms with Crippen molar-refractivity contribution in [3.05, 3.63) is 70.8 Å². The summed E-state index contributed by atoms with van der Waals surface area (Å²) in [7, 11) is 3.31. The molecule has 2 aromatic rings. The summed E-state index contributed by atoms with van der Waals surface area (Å²) in [5, 5.41) is 30.6. The number of benzene rings is 2. The molecule has 0 aliphatic heterocycles. The molecule has 0 bridgehead atoms. The Kier molecular flexibility index (Phi) is 23.1. The van der Waals surface area contributed by atoms with Crippen molar-refractivity contribution in [3.8, 4) is 17.9 Å². The number of nitro groups is 1. The van der Waals surface area contributed by atoms with Gasteiger partial charge in [0.25, 0.3) is 5.69 Å². The summed E-state index contributed by atoms with van der Waals surface area (Å²) in [5.74, 6) is 0.446. The second kappa shape index (κ2) is 25.9. The topological polar surface area (TPSA) is 237 Å². The molecule has 1 atom stereocenters. The van der Waals surface area contributed by atoms with Crippen LogP contribution in [0.3, 0.4) is 0 Å². The molecular formula is C39H55N7O8. The average Bonchev–Trinajstić information content (AvgIpc) is 3.12. The van der Waals surface area contributed by atoms with Crippen molar-refractivity contribution in [2.24, 2.45) is 11.3 Å². The van der Waals surface area contributed by atoms with E-state index >= 15 is 0 Å². The molecular weight excluding hydrogens is 694 g/mol. The van der Waals surface area contributed by atoms with Gasteiger partial charge in [-0.15, -0.1) is 0 Å². The van der Waals surface area contributed by atoms with Crippen molar-refractivity contribution in [3.63, 3.8) is 0 Å². The van der Waals surface area contributed by atoms with E-state index in [2.05, 4.69) is 51.1 Å². The van der Waals surface area contributed by atoms with Gasteiger partial charge in [-0.05, 0) is 55.6 Å². The maximum atomic E-state index is 12.8. The number of nitro benzene ring substituents is 1. The molecule has 294 valence electrons. The monoisotopic (exact) mass is 749 g/mol. The Balaban J connectivity index is 0.00000128. The van der Waals surface area contributed by atoms with E-state index in [0.717, 1.165) is 63.0 Å². The molecule has 0 aromatic heterocycles. The molecule has 15 heteroatoms. The number of allylic oxidation sites excluding steroid dienone is 1. The van der Waals surface area contributed by atoms with Crippen LogP contribution < -0.4 is 26.4 Å². The molecule has 0 fully saturated rings. The van der Waals surface area contributed by atoms with Gasteiger partial charge < -0.3 is 35.9 Å². The molecule has 5 N–H and O–H groups in total. The lowest BCUT2D eigenvalue weighted by molar-refractivity contribution is -0.384. The van der Waals surface area contributed by atoms with Crippen LogP contribution in [0, 0.1) is 44.1 Å². The summed E-state index contributed by atoms with van der Waals surface area (Å²) in [6, 6.07) is 9.10. The lowest BCUT2D eigenvalue weighted by Gasteiger charge is -2.28. The Morgan fingerprint density at radius 1 is 1.02 bits per heavy atom. The van der Waals surface area contributed by atoms with Gasteiger partial charge in [-0.3, -0.25) is 19.7 Å². The third-order valence-electron chi connectivity index (χ3n) is 7.43. The van der Waals surface area contributed by atoms with Gasteiger partial charge in [-0.1, -0.05) is 40.9 Å². The number of rotatable bonds is 19.